The number of anilines is 1. The molecule has 0 heterocycles. The van der Waals surface area contributed by atoms with Crippen LogP contribution in [0.1, 0.15) is 33.1 Å². The molecule has 1 unspecified atom stereocenters. The molecule has 1 aromatic carbocycles. The average molecular weight is 252 g/mol. The molecule has 0 aliphatic heterocycles. The van der Waals surface area contributed by atoms with Crippen molar-refractivity contribution in [2.24, 2.45) is 11.7 Å². The second kappa shape index (κ2) is 8.09. The van der Waals surface area contributed by atoms with Gasteiger partial charge in [-0.25, -0.2) is 4.39 Å². The standard InChI is InChI=1S/C15H25FN2/c1-3-18(11-5-6-13(2)9-10-17)15-8-4-7-14(16)12-15/h4,7-8,12-13H,3,5-6,9-11,17H2,1-2H3. The quantitative estimate of drug-likeness (QED) is 0.768. The maximum Gasteiger partial charge on any atom is 0.125 e. The van der Waals surface area contributed by atoms with Crippen molar-refractivity contribution in [2.45, 2.75) is 33.1 Å². The van der Waals surface area contributed by atoms with Crippen molar-refractivity contribution in [1.82, 2.24) is 0 Å². The Hall–Kier alpha value is -1.09. The van der Waals surface area contributed by atoms with Gasteiger partial charge < -0.3 is 10.6 Å². The molecule has 0 aromatic heterocycles. The van der Waals surface area contributed by atoms with Gasteiger partial charge in [0.1, 0.15) is 5.82 Å². The van der Waals surface area contributed by atoms with Crippen molar-refractivity contribution in [3.63, 3.8) is 0 Å². The number of nitrogens with two attached hydrogens (primary N) is 1. The predicted molar refractivity (Wildman–Crippen MR) is 76.4 cm³/mol. The van der Waals surface area contributed by atoms with Gasteiger partial charge in [0, 0.05) is 18.8 Å². The first-order valence-corrected chi connectivity index (χ1v) is 6.88. The molecule has 0 saturated heterocycles. The molecule has 1 atom stereocenters. The minimum Gasteiger partial charge on any atom is -0.372 e. The molecule has 1 rings (SSSR count). The topological polar surface area (TPSA) is 29.3 Å². The van der Waals surface area contributed by atoms with E-state index in [2.05, 4.69) is 18.7 Å². The lowest BCUT2D eigenvalue weighted by Gasteiger charge is -2.23. The summed E-state index contributed by atoms with van der Waals surface area (Å²) in [5.74, 6) is 0.517. The fourth-order valence-electron chi connectivity index (χ4n) is 2.20. The zero-order chi connectivity index (χ0) is 13.4. The Bertz CT molecular complexity index is 341. The van der Waals surface area contributed by atoms with Gasteiger partial charge in [-0.1, -0.05) is 13.0 Å². The molecule has 1 aromatic rings. The first kappa shape index (κ1) is 15.0. The van der Waals surface area contributed by atoms with E-state index in [0.717, 1.165) is 38.2 Å². The van der Waals surface area contributed by atoms with Gasteiger partial charge in [-0.15, -0.1) is 0 Å². The van der Waals surface area contributed by atoms with Crippen molar-refractivity contribution < 1.29 is 4.39 Å². The van der Waals surface area contributed by atoms with Gasteiger partial charge in [0.15, 0.2) is 0 Å². The first-order chi connectivity index (χ1) is 8.67. The van der Waals surface area contributed by atoms with Gasteiger partial charge in [0.25, 0.3) is 0 Å². The Balaban J connectivity index is 2.43. The number of benzene rings is 1. The highest BCUT2D eigenvalue weighted by Crippen LogP contribution is 2.17. The van der Waals surface area contributed by atoms with Crippen LogP contribution in [-0.4, -0.2) is 19.6 Å². The van der Waals surface area contributed by atoms with E-state index >= 15 is 0 Å². The summed E-state index contributed by atoms with van der Waals surface area (Å²) >= 11 is 0. The second-order valence-corrected chi connectivity index (χ2v) is 4.88. The number of hydrogen-bond acceptors (Lipinski definition) is 2. The highest BCUT2D eigenvalue weighted by molar-refractivity contribution is 5.46. The lowest BCUT2D eigenvalue weighted by molar-refractivity contribution is 0.480. The Morgan fingerprint density at radius 2 is 2.11 bits per heavy atom. The van der Waals surface area contributed by atoms with E-state index < -0.39 is 0 Å². The molecule has 0 aliphatic carbocycles. The summed E-state index contributed by atoms with van der Waals surface area (Å²) in [6.07, 6.45) is 3.40. The van der Waals surface area contributed by atoms with E-state index in [1.807, 2.05) is 6.07 Å². The van der Waals surface area contributed by atoms with Crippen LogP contribution in [0.15, 0.2) is 24.3 Å². The van der Waals surface area contributed by atoms with Crippen molar-refractivity contribution in [1.29, 1.82) is 0 Å². The van der Waals surface area contributed by atoms with Crippen LogP contribution in [-0.2, 0) is 0 Å². The minimum atomic E-state index is -0.164. The molecule has 0 spiro atoms. The number of nitrogens with zero attached hydrogens (tertiary/aromatic N) is 1. The Morgan fingerprint density at radius 3 is 2.72 bits per heavy atom. The molecule has 0 aliphatic rings. The van der Waals surface area contributed by atoms with Crippen LogP contribution < -0.4 is 10.6 Å². The lowest BCUT2D eigenvalue weighted by atomic mass is 10.0. The maximum absolute atomic E-state index is 13.2. The van der Waals surface area contributed by atoms with Crippen LogP contribution in [0.2, 0.25) is 0 Å². The molecule has 0 radical (unpaired) electrons. The van der Waals surface area contributed by atoms with Crippen LogP contribution in [0.25, 0.3) is 0 Å². The summed E-state index contributed by atoms with van der Waals surface area (Å²) in [5, 5.41) is 0. The van der Waals surface area contributed by atoms with Crippen LogP contribution >= 0.6 is 0 Å². The third kappa shape index (κ3) is 5.05. The van der Waals surface area contributed by atoms with Crippen LogP contribution in [0, 0.1) is 11.7 Å². The van der Waals surface area contributed by atoms with Crippen molar-refractivity contribution >= 4 is 5.69 Å². The number of hydrogen-bond donors (Lipinski definition) is 1. The van der Waals surface area contributed by atoms with Crippen LogP contribution in [0.5, 0.6) is 0 Å². The zero-order valence-corrected chi connectivity index (χ0v) is 11.5. The minimum absolute atomic E-state index is 0.164. The molecule has 0 amide bonds. The Morgan fingerprint density at radius 1 is 1.33 bits per heavy atom. The molecular formula is C15H25FN2. The monoisotopic (exact) mass is 252 g/mol. The van der Waals surface area contributed by atoms with Gasteiger partial charge in [-0.05, 0) is 56.8 Å². The Labute approximate surface area is 110 Å². The molecule has 2 nitrogen and oxygen atoms in total. The van der Waals surface area contributed by atoms with Gasteiger partial charge in [0.2, 0.25) is 0 Å². The van der Waals surface area contributed by atoms with Crippen LogP contribution in [0.4, 0.5) is 10.1 Å². The molecule has 2 N–H and O–H groups in total. The molecule has 102 valence electrons. The summed E-state index contributed by atoms with van der Waals surface area (Å²) in [7, 11) is 0. The predicted octanol–water partition coefficient (Wildman–Crippen LogP) is 3.42. The Kier molecular flexibility index (Phi) is 6.73. The highest BCUT2D eigenvalue weighted by atomic mass is 19.1. The fraction of sp³-hybridized carbons (Fsp3) is 0.600. The highest BCUT2D eigenvalue weighted by Gasteiger charge is 2.06. The molecular weight excluding hydrogens is 227 g/mol. The van der Waals surface area contributed by atoms with E-state index in [0.29, 0.717) is 5.92 Å². The lowest BCUT2D eigenvalue weighted by Crippen LogP contribution is -2.24. The SMILES string of the molecule is CCN(CCCC(C)CCN)c1cccc(F)c1. The largest absolute Gasteiger partial charge is 0.372 e. The van der Waals surface area contributed by atoms with E-state index in [-0.39, 0.29) is 5.82 Å². The van der Waals surface area contributed by atoms with Crippen LogP contribution in [0.3, 0.4) is 0 Å². The summed E-state index contributed by atoms with van der Waals surface area (Å²) in [6, 6.07) is 6.83. The summed E-state index contributed by atoms with van der Waals surface area (Å²) < 4.78 is 13.2. The smallest absolute Gasteiger partial charge is 0.125 e. The molecule has 0 fully saturated rings. The van der Waals surface area contributed by atoms with Crippen molar-refractivity contribution in [2.75, 3.05) is 24.5 Å². The fourth-order valence-corrected chi connectivity index (χ4v) is 2.20. The third-order valence-corrected chi connectivity index (χ3v) is 3.34. The zero-order valence-electron chi connectivity index (χ0n) is 11.5. The van der Waals surface area contributed by atoms with E-state index in [9.17, 15) is 4.39 Å². The van der Waals surface area contributed by atoms with Gasteiger partial charge in [-0.3, -0.25) is 0 Å². The maximum atomic E-state index is 13.2. The normalized spacial score (nSPS) is 12.4. The van der Waals surface area contributed by atoms with Crippen molar-refractivity contribution in [3.8, 4) is 0 Å². The molecule has 0 saturated carbocycles. The van der Waals surface area contributed by atoms with E-state index in [4.69, 9.17) is 5.73 Å². The average Bonchev–Trinajstić information content (AvgIpc) is 2.35. The van der Waals surface area contributed by atoms with Crippen molar-refractivity contribution in [3.05, 3.63) is 30.1 Å². The first-order valence-electron chi connectivity index (χ1n) is 6.88. The molecule has 0 bridgehead atoms. The van der Waals surface area contributed by atoms with Gasteiger partial charge >= 0.3 is 0 Å². The third-order valence-electron chi connectivity index (χ3n) is 3.34. The summed E-state index contributed by atoms with van der Waals surface area (Å²) in [5.41, 5.74) is 6.52. The summed E-state index contributed by atoms with van der Waals surface area (Å²) in [4.78, 5) is 2.22. The second-order valence-electron chi connectivity index (χ2n) is 4.88. The summed E-state index contributed by atoms with van der Waals surface area (Å²) in [6.45, 7) is 7.01. The number of halogens is 1. The van der Waals surface area contributed by atoms with E-state index in [1.165, 1.54) is 12.5 Å². The van der Waals surface area contributed by atoms with Gasteiger partial charge in [-0.2, -0.15) is 0 Å². The molecule has 3 heteroatoms. The van der Waals surface area contributed by atoms with E-state index in [1.54, 1.807) is 12.1 Å². The van der Waals surface area contributed by atoms with Gasteiger partial charge in [0.05, 0.1) is 0 Å². The molecule has 18 heavy (non-hydrogen) atoms. The number of rotatable bonds is 8.